The van der Waals surface area contributed by atoms with E-state index in [0.29, 0.717) is 22.8 Å². The van der Waals surface area contributed by atoms with Crippen LogP contribution in [0.3, 0.4) is 0 Å². The van der Waals surface area contributed by atoms with Crippen LogP contribution in [0.5, 0.6) is 17.2 Å². The van der Waals surface area contributed by atoms with Crippen LogP contribution in [-0.2, 0) is 11.3 Å². The molecule has 1 heterocycles. The van der Waals surface area contributed by atoms with Crippen LogP contribution in [0.15, 0.2) is 42.5 Å². The molecule has 108 valence electrons. The van der Waals surface area contributed by atoms with E-state index < -0.39 is 5.97 Å². The van der Waals surface area contributed by atoms with Crippen LogP contribution < -0.4 is 14.2 Å². The van der Waals surface area contributed by atoms with Gasteiger partial charge in [0.1, 0.15) is 12.4 Å². The molecule has 0 radical (unpaired) electrons. The molecule has 0 aromatic heterocycles. The second kappa shape index (κ2) is 5.75. The largest absolute Gasteiger partial charge is 0.496 e. The second-order valence-electron chi connectivity index (χ2n) is 4.46. The van der Waals surface area contributed by atoms with Crippen LogP contribution in [0.4, 0.5) is 0 Å². The van der Waals surface area contributed by atoms with Gasteiger partial charge in [0, 0.05) is 5.56 Å². The van der Waals surface area contributed by atoms with E-state index in [1.807, 2.05) is 24.3 Å². The maximum atomic E-state index is 12.1. The number of para-hydroxylation sites is 1. The lowest BCUT2D eigenvalue weighted by atomic mass is 10.2. The molecule has 2 aromatic carbocycles. The summed E-state index contributed by atoms with van der Waals surface area (Å²) in [5, 5.41) is 0. The van der Waals surface area contributed by atoms with Crippen molar-refractivity contribution in [3.8, 4) is 17.2 Å². The van der Waals surface area contributed by atoms with Crippen molar-refractivity contribution < 1.29 is 23.7 Å². The Hall–Kier alpha value is -2.69. The number of carbonyl (C=O) groups is 1. The van der Waals surface area contributed by atoms with Gasteiger partial charge in [-0.3, -0.25) is 0 Å². The summed E-state index contributed by atoms with van der Waals surface area (Å²) < 4.78 is 21.0. The molecule has 5 heteroatoms. The number of hydrogen-bond acceptors (Lipinski definition) is 5. The fraction of sp³-hybridized carbons (Fsp3) is 0.188. The number of methoxy groups -OCH3 is 1. The van der Waals surface area contributed by atoms with Crippen LogP contribution in [0.1, 0.15) is 15.9 Å². The summed E-state index contributed by atoms with van der Waals surface area (Å²) in [4.78, 5) is 12.1. The molecule has 0 N–H and O–H groups in total. The average Bonchev–Trinajstić information content (AvgIpc) is 3.00. The minimum atomic E-state index is -0.417. The zero-order chi connectivity index (χ0) is 14.7. The summed E-state index contributed by atoms with van der Waals surface area (Å²) >= 11 is 0. The summed E-state index contributed by atoms with van der Waals surface area (Å²) in [5.74, 6) is 1.47. The standard InChI is InChI=1S/C16H14O5/c1-18-13-5-3-2-4-12(13)9-19-16(17)11-6-7-14-15(8-11)21-10-20-14/h2-8H,9-10H2,1H3. The van der Waals surface area contributed by atoms with E-state index in [1.54, 1.807) is 25.3 Å². The van der Waals surface area contributed by atoms with Crippen LogP contribution in [0, 0.1) is 0 Å². The van der Waals surface area contributed by atoms with Crippen molar-refractivity contribution in [1.29, 1.82) is 0 Å². The average molecular weight is 286 g/mol. The molecule has 3 rings (SSSR count). The molecule has 0 saturated carbocycles. The van der Waals surface area contributed by atoms with E-state index in [0.717, 1.165) is 5.56 Å². The topological polar surface area (TPSA) is 54.0 Å². The monoisotopic (exact) mass is 286 g/mol. The van der Waals surface area contributed by atoms with Crippen molar-refractivity contribution >= 4 is 5.97 Å². The SMILES string of the molecule is COc1ccccc1COC(=O)c1ccc2c(c1)OCO2. The van der Waals surface area contributed by atoms with Crippen LogP contribution in [0.2, 0.25) is 0 Å². The number of fused-ring (bicyclic) bond motifs is 1. The van der Waals surface area contributed by atoms with E-state index in [9.17, 15) is 4.79 Å². The van der Waals surface area contributed by atoms with Gasteiger partial charge in [0.25, 0.3) is 0 Å². The molecule has 0 atom stereocenters. The first kappa shape index (κ1) is 13.3. The molecule has 0 aliphatic carbocycles. The van der Waals surface area contributed by atoms with Gasteiger partial charge in [0.15, 0.2) is 11.5 Å². The molecular formula is C16H14O5. The molecule has 1 aliphatic heterocycles. The summed E-state index contributed by atoms with van der Waals surface area (Å²) in [6.45, 7) is 0.326. The summed E-state index contributed by atoms with van der Waals surface area (Å²) in [5.41, 5.74) is 1.24. The fourth-order valence-corrected chi connectivity index (χ4v) is 2.07. The number of ether oxygens (including phenoxy) is 4. The van der Waals surface area contributed by atoms with Gasteiger partial charge in [-0.2, -0.15) is 0 Å². The second-order valence-corrected chi connectivity index (χ2v) is 4.46. The van der Waals surface area contributed by atoms with Crippen LogP contribution >= 0.6 is 0 Å². The maximum Gasteiger partial charge on any atom is 0.338 e. The fourth-order valence-electron chi connectivity index (χ4n) is 2.07. The molecule has 0 spiro atoms. The Labute approximate surface area is 122 Å². The minimum absolute atomic E-state index is 0.150. The Morgan fingerprint density at radius 2 is 1.95 bits per heavy atom. The lowest BCUT2D eigenvalue weighted by Crippen LogP contribution is -2.06. The highest BCUT2D eigenvalue weighted by molar-refractivity contribution is 5.90. The van der Waals surface area contributed by atoms with Crippen molar-refractivity contribution in [2.45, 2.75) is 6.61 Å². The Morgan fingerprint density at radius 3 is 2.81 bits per heavy atom. The first-order valence-corrected chi connectivity index (χ1v) is 6.46. The third-order valence-corrected chi connectivity index (χ3v) is 3.16. The van der Waals surface area contributed by atoms with Crippen LogP contribution in [-0.4, -0.2) is 19.9 Å². The van der Waals surface area contributed by atoms with E-state index >= 15 is 0 Å². The zero-order valence-corrected chi connectivity index (χ0v) is 11.5. The normalized spacial score (nSPS) is 12.0. The molecule has 5 nitrogen and oxygen atoms in total. The first-order valence-electron chi connectivity index (χ1n) is 6.46. The minimum Gasteiger partial charge on any atom is -0.496 e. The number of hydrogen-bond donors (Lipinski definition) is 0. The number of rotatable bonds is 4. The molecule has 0 bridgehead atoms. The van der Waals surface area contributed by atoms with Gasteiger partial charge in [0.2, 0.25) is 6.79 Å². The molecule has 0 amide bonds. The van der Waals surface area contributed by atoms with Gasteiger partial charge >= 0.3 is 5.97 Å². The third-order valence-electron chi connectivity index (χ3n) is 3.16. The van der Waals surface area contributed by atoms with Gasteiger partial charge in [-0.1, -0.05) is 18.2 Å². The Kier molecular flexibility index (Phi) is 3.64. The van der Waals surface area contributed by atoms with Crippen LogP contribution in [0.25, 0.3) is 0 Å². The number of benzene rings is 2. The predicted octanol–water partition coefficient (Wildman–Crippen LogP) is 2.78. The molecule has 21 heavy (non-hydrogen) atoms. The van der Waals surface area contributed by atoms with E-state index in [4.69, 9.17) is 18.9 Å². The third kappa shape index (κ3) is 2.76. The van der Waals surface area contributed by atoms with E-state index in [1.165, 1.54) is 0 Å². The van der Waals surface area contributed by atoms with Crippen molar-refractivity contribution in [3.63, 3.8) is 0 Å². The number of esters is 1. The zero-order valence-electron chi connectivity index (χ0n) is 11.5. The molecule has 2 aromatic rings. The summed E-state index contributed by atoms with van der Waals surface area (Å²) in [7, 11) is 1.58. The highest BCUT2D eigenvalue weighted by Crippen LogP contribution is 2.32. The molecular weight excluding hydrogens is 272 g/mol. The smallest absolute Gasteiger partial charge is 0.338 e. The Balaban J connectivity index is 1.69. The van der Waals surface area contributed by atoms with Crippen molar-refractivity contribution in [2.24, 2.45) is 0 Å². The highest BCUT2D eigenvalue weighted by Gasteiger charge is 2.17. The first-order chi connectivity index (χ1) is 10.3. The van der Waals surface area contributed by atoms with Gasteiger partial charge in [-0.25, -0.2) is 4.79 Å². The predicted molar refractivity (Wildman–Crippen MR) is 74.7 cm³/mol. The quantitative estimate of drug-likeness (QED) is 0.809. The lowest BCUT2D eigenvalue weighted by molar-refractivity contribution is 0.0470. The van der Waals surface area contributed by atoms with E-state index in [-0.39, 0.29) is 13.4 Å². The molecule has 0 unspecified atom stereocenters. The Bertz CT molecular complexity index is 665. The maximum absolute atomic E-state index is 12.1. The van der Waals surface area contributed by atoms with Gasteiger partial charge < -0.3 is 18.9 Å². The number of carbonyl (C=O) groups excluding carboxylic acids is 1. The van der Waals surface area contributed by atoms with Crippen molar-refractivity contribution in [3.05, 3.63) is 53.6 Å². The molecule has 0 saturated heterocycles. The van der Waals surface area contributed by atoms with Gasteiger partial charge in [0.05, 0.1) is 12.7 Å². The Morgan fingerprint density at radius 1 is 1.14 bits per heavy atom. The molecule has 0 fully saturated rings. The van der Waals surface area contributed by atoms with Gasteiger partial charge in [-0.05, 0) is 24.3 Å². The lowest BCUT2D eigenvalue weighted by Gasteiger charge is -2.09. The van der Waals surface area contributed by atoms with Crippen molar-refractivity contribution in [2.75, 3.05) is 13.9 Å². The van der Waals surface area contributed by atoms with Gasteiger partial charge in [-0.15, -0.1) is 0 Å². The van der Waals surface area contributed by atoms with Crippen molar-refractivity contribution in [1.82, 2.24) is 0 Å². The molecule has 1 aliphatic rings. The van der Waals surface area contributed by atoms with E-state index in [2.05, 4.69) is 0 Å². The summed E-state index contributed by atoms with van der Waals surface area (Å²) in [6, 6.07) is 12.4. The summed E-state index contributed by atoms with van der Waals surface area (Å²) in [6.07, 6.45) is 0. The highest BCUT2D eigenvalue weighted by atomic mass is 16.7.